The number of nitrogens with two attached hydrogens (primary N) is 1. The van der Waals surface area contributed by atoms with E-state index in [2.05, 4.69) is 16.5 Å². The van der Waals surface area contributed by atoms with Crippen molar-refractivity contribution in [2.24, 2.45) is 5.84 Å². The van der Waals surface area contributed by atoms with Crippen LogP contribution < -0.4 is 11.3 Å². The standard InChI is InChI=1S/C8H6N4S/c9-4-5-1-2-7-6(3-5)11-8(12-10)13-7/h1-3H,10H2,(H,11,12). The molecule has 0 saturated heterocycles. The maximum absolute atomic E-state index is 8.65. The van der Waals surface area contributed by atoms with Crippen LogP contribution in [0.25, 0.3) is 10.2 Å². The average molecular weight is 190 g/mol. The molecule has 0 aliphatic heterocycles. The third-order valence-electron chi connectivity index (χ3n) is 1.64. The number of nitrogen functional groups attached to an aromatic ring is 1. The molecule has 0 fully saturated rings. The highest BCUT2D eigenvalue weighted by molar-refractivity contribution is 7.22. The zero-order valence-corrected chi connectivity index (χ0v) is 7.43. The van der Waals surface area contributed by atoms with Crippen LogP contribution in [0.3, 0.4) is 0 Å². The number of hydrogen-bond acceptors (Lipinski definition) is 5. The minimum absolute atomic E-state index is 0.612. The van der Waals surface area contributed by atoms with E-state index >= 15 is 0 Å². The molecule has 1 aromatic carbocycles. The maximum Gasteiger partial charge on any atom is 0.198 e. The lowest BCUT2D eigenvalue weighted by Gasteiger charge is -1.86. The molecule has 0 saturated carbocycles. The Morgan fingerprint density at radius 2 is 2.38 bits per heavy atom. The first-order chi connectivity index (χ1) is 6.33. The van der Waals surface area contributed by atoms with Gasteiger partial charge in [-0.1, -0.05) is 11.3 Å². The van der Waals surface area contributed by atoms with Gasteiger partial charge in [-0.3, -0.25) is 5.43 Å². The number of rotatable bonds is 1. The molecule has 2 aromatic rings. The van der Waals surface area contributed by atoms with Crippen molar-refractivity contribution in [2.75, 3.05) is 5.43 Å². The van der Waals surface area contributed by atoms with Gasteiger partial charge in [-0.05, 0) is 18.2 Å². The molecule has 0 atom stereocenters. The second kappa shape index (κ2) is 3.01. The summed E-state index contributed by atoms with van der Waals surface area (Å²) in [5, 5.41) is 9.30. The molecule has 5 heteroatoms. The Bertz CT molecular complexity index is 482. The smallest absolute Gasteiger partial charge is 0.198 e. The van der Waals surface area contributed by atoms with E-state index in [1.807, 2.05) is 6.07 Å². The predicted octanol–water partition coefficient (Wildman–Crippen LogP) is 1.45. The molecule has 0 radical (unpaired) electrons. The Hall–Kier alpha value is -1.64. The fourth-order valence-corrected chi connectivity index (χ4v) is 1.82. The second-order valence-corrected chi connectivity index (χ2v) is 3.49. The van der Waals surface area contributed by atoms with E-state index < -0.39 is 0 Å². The summed E-state index contributed by atoms with van der Waals surface area (Å²) < 4.78 is 1.02. The van der Waals surface area contributed by atoms with E-state index in [9.17, 15) is 0 Å². The number of nitrogens with zero attached hydrogens (tertiary/aromatic N) is 2. The van der Waals surface area contributed by atoms with Crippen molar-refractivity contribution >= 4 is 26.7 Å². The van der Waals surface area contributed by atoms with Gasteiger partial charge in [0, 0.05) is 0 Å². The van der Waals surface area contributed by atoms with Crippen molar-refractivity contribution in [1.82, 2.24) is 4.98 Å². The van der Waals surface area contributed by atoms with E-state index in [-0.39, 0.29) is 0 Å². The summed E-state index contributed by atoms with van der Waals surface area (Å²) in [6.45, 7) is 0. The van der Waals surface area contributed by atoms with Gasteiger partial charge in [0.15, 0.2) is 5.13 Å². The van der Waals surface area contributed by atoms with Crippen molar-refractivity contribution in [3.8, 4) is 6.07 Å². The molecule has 0 spiro atoms. The molecule has 0 unspecified atom stereocenters. The lowest BCUT2D eigenvalue weighted by Crippen LogP contribution is -2.05. The zero-order valence-electron chi connectivity index (χ0n) is 6.61. The van der Waals surface area contributed by atoms with Crippen LogP contribution >= 0.6 is 11.3 Å². The first-order valence-corrected chi connectivity index (χ1v) is 4.42. The average Bonchev–Trinajstić information content (AvgIpc) is 2.58. The quantitative estimate of drug-likeness (QED) is 0.527. The minimum atomic E-state index is 0.612. The molecular formula is C8H6N4S. The third-order valence-corrected chi connectivity index (χ3v) is 2.61. The number of anilines is 1. The highest BCUT2D eigenvalue weighted by atomic mass is 32.1. The summed E-state index contributed by atoms with van der Waals surface area (Å²) >= 11 is 1.46. The second-order valence-electron chi connectivity index (χ2n) is 2.46. The zero-order chi connectivity index (χ0) is 9.26. The minimum Gasteiger partial charge on any atom is -0.300 e. The van der Waals surface area contributed by atoms with Gasteiger partial charge in [-0.2, -0.15) is 5.26 Å². The van der Waals surface area contributed by atoms with Gasteiger partial charge in [0.2, 0.25) is 0 Å². The molecule has 2 rings (SSSR count). The molecule has 1 heterocycles. The highest BCUT2D eigenvalue weighted by Crippen LogP contribution is 2.25. The lowest BCUT2D eigenvalue weighted by molar-refractivity contribution is 1.31. The summed E-state index contributed by atoms with van der Waals surface area (Å²) in [6.07, 6.45) is 0. The van der Waals surface area contributed by atoms with E-state index in [1.165, 1.54) is 11.3 Å². The van der Waals surface area contributed by atoms with Crippen LogP contribution in [0.4, 0.5) is 5.13 Å². The topological polar surface area (TPSA) is 74.7 Å². The molecule has 4 nitrogen and oxygen atoms in total. The van der Waals surface area contributed by atoms with Crippen LogP contribution in [0, 0.1) is 11.3 Å². The lowest BCUT2D eigenvalue weighted by atomic mass is 10.2. The Kier molecular flexibility index (Phi) is 1.85. The summed E-state index contributed by atoms with van der Waals surface area (Å²) in [5.74, 6) is 5.22. The molecule has 0 bridgehead atoms. The molecule has 13 heavy (non-hydrogen) atoms. The number of aromatic nitrogens is 1. The van der Waals surface area contributed by atoms with Crippen molar-refractivity contribution in [3.05, 3.63) is 23.8 Å². The van der Waals surface area contributed by atoms with Crippen LogP contribution in [0.1, 0.15) is 5.56 Å². The molecule has 0 aliphatic rings. The van der Waals surface area contributed by atoms with Gasteiger partial charge in [-0.25, -0.2) is 10.8 Å². The molecular weight excluding hydrogens is 184 g/mol. The molecule has 64 valence electrons. The Balaban J connectivity index is 2.65. The van der Waals surface area contributed by atoms with Crippen LogP contribution in [0.2, 0.25) is 0 Å². The largest absolute Gasteiger partial charge is 0.300 e. The summed E-state index contributed by atoms with van der Waals surface area (Å²) in [6, 6.07) is 7.43. The number of nitrogens with one attached hydrogen (secondary N) is 1. The SMILES string of the molecule is N#Cc1ccc2sc(NN)nc2c1. The monoisotopic (exact) mass is 190 g/mol. The van der Waals surface area contributed by atoms with E-state index in [0.29, 0.717) is 10.7 Å². The number of benzene rings is 1. The normalized spacial score (nSPS) is 9.85. The number of nitriles is 1. The number of hydrazine groups is 1. The first kappa shape index (κ1) is 7.98. The summed E-state index contributed by atoms with van der Waals surface area (Å²) in [5.41, 5.74) is 3.89. The third kappa shape index (κ3) is 1.33. The number of thiazole rings is 1. The Morgan fingerprint density at radius 1 is 1.54 bits per heavy atom. The van der Waals surface area contributed by atoms with Crippen molar-refractivity contribution < 1.29 is 0 Å². The molecule has 1 aromatic heterocycles. The highest BCUT2D eigenvalue weighted by Gasteiger charge is 2.02. The van der Waals surface area contributed by atoms with Gasteiger partial charge in [0.25, 0.3) is 0 Å². The first-order valence-electron chi connectivity index (χ1n) is 3.61. The van der Waals surface area contributed by atoms with Crippen LogP contribution in [-0.4, -0.2) is 4.98 Å². The van der Waals surface area contributed by atoms with Crippen LogP contribution in [0.15, 0.2) is 18.2 Å². The van der Waals surface area contributed by atoms with E-state index in [4.69, 9.17) is 11.1 Å². The van der Waals surface area contributed by atoms with Crippen molar-refractivity contribution in [2.45, 2.75) is 0 Å². The maximum atomic E-state index is 8.65. The van der Waals surface area contributed by atoms with Gasteiger partial charge in [0.05, 0.1) is 21.8 Å². The van der Waals surface area contributed by atoms with E-state index in [1.54, 1.807) is 12.1 Å². The molecule has 3 N–H and O–H groups in total. The number of fused-ring (bicyclic) bond motifs is 1. The summed E-state index contributed by atoms with van der Waals surface area (Å²) in [4.78, 5) is 4.17. The fourth-order valence-electron chi connectivity index (χ4n) is 1.06. The van der Waals surface area contributed by atoms with Gasteiger partial charge < -0.3 is 0 Å². The number of hydrogen-bond donors (Lipinski definition) is 2. The van der Waals surface area contributed by atoms with Gasteiger partial charge in [0.1, 0.15) is 0 Å². The van der Waals surface area contributed by atoms with Gasteiger partial charge >= 0.3 is 0 Å². The molecule has 0 amide bonds. The van der Waals surface area contributed by atoms with Gasteiger partial charge in [-0.15, -0.1) is 0 Å². The van der Waals surface area contributed by atoms with Crippen molar-refractivity contribution in [3.63, 3.8) is 0 Å². The Labute approximate surface area is 78.6 Å². The van der Waals surface area contributed by atoms with Crippen LogP contribution in [-0.2, 0) is 0 Å². The summed E-state index contributed by atoms with van der Waals surface area (Å²) in [7, 11) is 0. The fraction of sp³-hybridized carbons (Fsp3) is 0. The van der Waals surface area contributed by atoms with E-state index in [0.717, 1.165) is 10.2 Å². The molecule has 0 aliphatic carbocycles. The predicted molar refractivity (Wildman–Crippen MR) is 52.1 cm³/mol. The van der Waals surface area contributed by atoms with Crippen LogP contribution in [0.5, 0.6) is 0 Å². The van der Waals surface area contributed by atoms with Crippen molar-refractivity contribution in [1.29, 1.82) is 5.26 Å². The Morgan fingerprint density at radius 3 is 3.08 bits per heavy atom.